The zero-order chi connectivity index (χ0) is 16.3. The van der Waals surface area contributed by atoms with Crippen molar-refractivity contribution in [1.82, 2.24) is 15.1 Å². The monoisotopic (exact) mass is 303 g/mol. The van der Waals surface area contributed by atoms with Gasteiger partial charge in [0.2, 0.25) is 0 Å². The zero-order valence-electron chi connectivity index (χ0n) is 14.2. The van der Waals surface area contributed by atoms with E-state index in [1.807, 2.05) is 36.9 Å². The summed E-state index contributed by atoms with van der Waals surface area (Å²) in [5, 5.41) is 8.03. The number of aromatic nitrogens is 2. The Morgan fingerprint density at radius 3 is 2.50 bits per heavy atom. The van der Waals surface area contributed by atoms with Crippen LogP contribution >= 0.6 is 0 Å². The maximum Gasteiger partial charge on any atom is 0.123 e. The van der Waals surface area contributed by atoms with Gasteiger partial charge in [-0.2, -0.15) is 5.10 Å². The van der Waals surface area contributed by atoms with Crippen LogP contribution in [0.4, 0.5) is 0 Å². The minimum absolute atomic E-state index is 0.213. The highest BCUT2D eigenvalue weighted by molar-refractivity contribution is 5.40. The van der Waals surface area contributed by atoms with Gasteiger partial charge in [0, 0.05) is 36.5 Å². The first-order valence-corrected chi connectivity index (χ1v) is 7.42. The molecule has 5 nitrogen and oxygen atoms in total. The zero-order valence-corrected chi connectivity index (χ0v) is 14.2. The lowest BCUT2D eigenvalue weighted by Gasteiger charge is -2.17. The van der Waals surface area contributed by atoms with E-state index in [0.29, 0.717) is 6.54 Å². The van der Waals surface area contributed by atoms with Crippen molar-refractivity contribution >= 4 is 0 Å². The summed E-state index contributed by atoms with van der Waals surface area (Å²) in [5.41, 5.74) is 4.59. The average molecular weight is 303 g/mol. The SMILES string of the molecule is COc1ccc(OC)c(CN[C@H](C)c2c(C)nn(C)c2C)c1. The lowest BCUT2D eigenvalue weighted by molar-refractivity contribution is 0.395. The van der Waals surface area contributed by atoms with Gasteiger partial charge in [0.1, 0.15) is 11.5 Å². The number of benzene rings is 1. The van der Waals surface area contributed by atoms with Crippen LogP contribution in [0.2, 0.25) is 0 Å². The summed E-state index contributed by atoms with van der Waals surface area (Å²) in [7, 11) is 5.33. The third-order valence-electron chi connectivity index (χ3n) is 4.08. The van der Waals surface area contributed by atoms with Crippen LogP contribution in [0.25, 0.3) is 0 Å². The Balaban J connectivity index is 2.15. The molecule has 0 unspecified atom stereocenters. The van der Waals surface area contributed by atoms with Crippen LogP contribution in [-0.4, -0.2) is 24.0 Å². The molecular formula is C17H25N3O2. The Morgan fingerprint density at radius 2 is 1.95 bits per heavy atom. The summed E-state index contributed by atoms with van der Waals surface area (Å²) >= 11 is 0. The number of rotatable bonds is 6. The number of ether oxygens (including phenoxy) is 2. The van der Waals surface area contributed by atoms with Crippen molar-refractivity contribution < 1.29 is 9.47 Å². The molecule has 0 bridgehead atoms. The molecule has 0 aliphatic rings. The molecule has 1 aromatic heterocycles. The minimum atomic E-state index is 0.213. The number of methoxy groups -OCH3 is 2. The van der Waals surface area contributed by atoms with Gasteiger partial charge in [-0.05, 0) is 39.0 Å². The number of nitrogens with one attached hydrogen (secondary N) is 1. The molecular weight excluding hydrogens is 278 g/mol. The summed E-state index contributed by atoms with van der Waals surface area (Å²) in [4.78, 5) is 0. The fourth-order valence-corrected chi connectivity index (χ4v) is 2.80. The Morgan fingerprint density at radius 1 is 1.23 bits per heavy atom. The van der Waals surface area contributed by atoms with Crippen molar-refractivity contribution in [3.63, 3.8) is 0 Å². The summed E-state index contributed by atoms with van der Waals surface area (Å²) in [6.45, 7) is 7.01. The van der Waals surface area contributed by atoms with Gasteiger partial charge in [-0.1, -0.05) is 0 Å². The molecule has 0 fully saturated rings. The van der Waals surface area contributed by atoms with Gasteiger partial charge in [-0.15, -0.1) is 0 Å². The molecule has 22 heavy (non-hydrogen) atoms. The van der Waals surface area contributed by atoms with E-state index in [9.17, 15) is 0 Å². The van der Waals surface area contributed by atoms with Gasteiger partial charge < -0.3 is 14.8 Å². The smallest absolute Gasteiger partial charge is 0.123 e. The van der Waals surface area contributed by atoms with Crippen LogP contribution in [0.5, 0.6) is 11.5 Å². The summed E-state index contributed by atoms with van der Waals surface area (Å²) < 4.78 is 12.6. The molecule has 0 spiro atoms. The summed E-state index contributed by atoms with van der Waals surface area (Å²) in [5.74, 6) is 1.69. The molecule has 1 atom stereocenters. The van der Waals surface area contributed by atoms with Crippen molar-refractivity contribution in [2.75, 3.05) is 14.2 Å². The molecule has 0 saturated carbocycles. The van der Waals surface area contributed by atoms with Crippen molar-refractivity contribution in [1.29, 1.82) is 0 Å². The molecule has 5 heteroatoms. The quantitative estimate of drug-likeness (QED) is 0.891. The first-order valence-electron chi connectivity index (χ1n) is 7.42. The summed E-state index contributed by atoms with van der Waals surface area (Å²) in [6.07, 6.45) is 0. The first kappa shape index (κ1) is 16.4. The third kappa shape index (κ3) is 3.25. The Kier molecular flexibility index (Phi) is 5.08. The predicted molar refractivity (Wildman–Crippen MR) is 87.5 cm³/mol. The van der Waals surface area contributed by atoms with Crippen LogP contribution in [0.3, 0.4) is 0 Å². The van der Waals surface area contributed by atoms with Crippen LogP contribution in [0.15, 0.2) is 18.2 Å². The van der Waals surface area contributed by atoms with Gasteiger partial charge in [-0.3, -0.25) is 4.68 Å². The first-order chi connectivity index (χ1) is 10.5. The molecule has 120 valence electrons. The van der Waals surface area contributed by atoms with E-state index in [-0.39, 0.29) is 6.04 Å². The van der Waals surface area contributed by atoms with Crippen molar-refractivity contribution in [2.45, 2.75) is 33.4 Å². The standard InChI is InChI=1S/C17H25N3O2/c1-11(17-12(2)19-20(4)13(17)3)18-10-14-9-15(21-5)7-8-16(14)22-6/h7-9,11,18H,10H2,1-6H3/t11-/m1/s1. The topological polar surface area (TPSA) is 48.3 Å². The number of aryl methyl sites for hydroxylation is 2. The molecule has 1 N–H and O–H groups in total. The highest BCUT2D eigenvalue weighted by Gasteiger charge is 2.16. The van der Waals surface area contributed by atoms with Gasteiger partial charge in [-0.25, -0.2) is 0 Å². The number of hydrogen-bond acceptors (Lipinski definition) is 4. The van der Waals surface area contributed by atoms with E-state index in [1.165, 1.54) is 11.3 Å². The third-order valence-corrected chi connectivity index (χ3v) is 4.08. The molecule has 0 radical (unpaired) electrons. The van der Waals surface area contributed by atoms with E-state index < -0.39 is 0 Å². The van der Waals surface area contributed by atoms with Gasteiger partial charge in [0.15, 0.2) is 0 Å². The molecule has 2 aromatic rings. The molecule has 0 aliphatic heterocycles. The van der Waals surface area contributed by atoms with Crippen molar-refractivity contribution in [3.8, 4) is 11.5 Å². The van der Waals surface area contributed by atoms with Gasteiger partial charge in [0.25, 0.3) is 0 Å². The van der Waals surface area contributed by atoms with E-state index in [1.54, 1.807) is 14.2 Å². The predicted octanol–water partition coefficient (Wildman–Crippen LogP) is 2.90. The Labute approximate surface area is 132 Å². The van der Waals surface area contributed by atoms with Crippen molar-refractivity contribution in [2.24, 2.45) is 7.05 Å². The maximum absolute atomic E-state index is 5.42. The average Bonchev–Trinajstić information content (AvgIpc) is 2.77. The van der Waals surface area contributed by atoms with Crippen molar-refractivity contribution in [3.05, 3.63) is 40.7 Å². The Bertz CT molecular complexity index is 650. The highest BCUT2D eigenvalue weighted by Crippen LogP contribution is 2.26. The molecule has 0 saturated heterocycles. The second-order valence-electron chi connectivity index (χ2n) is 5.49. The molecule has 0 amide bonds. The van der Waals surface area contributed by atoms with Gasteiger partial charge >= 0.3 is 0 Å². The van der Waals surface area contributed by atoms with Gasteiger partial charge in [0.05, 0.1) is 19.9 Å². The fourth-order valence-electron chi connectivity index (χ4n) is 2.80. The highest BCUT2D eigenvalue weighted by atomic mass is 16.5. The van der Waals surface area contributed by atoms with Crippen LogP contribution in [-0.2, 0) is 13.6 Å². The fraction of sp³-hybridized carbons (Fsp3) is 0.471. The number of hydrogen-bond donors (Lipinski definition) is 1. The number of nitrogens with zero attached hydrogens (tertiary/aromatic N) is 2. The lowest BCUT2D eigenvalue weighted by atomic mass is 10.1. The van der Waals surface area contributed by atoms with Crippen LogP contribution < -0.4 is 14.8 Å². The second-order valence-corrected chi connectivity index (χ2v) is 5.49. The van der Waals surface area contributed by atoms with E-state index in [0.717, 1.165) is 22.8 Å². The normalized spacial score (nSPS) is 12.3. The summed E-state index contributed by atoms with van der Waals surface area (Å²) in [6, 6.07) is 6.05. The second kappa shape index (κ2) is 6.83. The largest absolute Gasteiger partial charge is 0.497 e. The molecule has 2 rings (SSSR count). The molecule has 1 aromatic carbocycles. The van der Waals surface area contributed by atoms with E-state index >= 15 is 0 Å². The lowest BCUT2D eigenvalue weighted by Crippen LogP contribution is -2.19. The molecule has 1 heterocycles. The minimum Gasteiger partial charge on any atom is -0.497 e. The van der Waals surface area contributed by atoms with E-state index in [4.69, 9.17) is 9.47 Å². The van der Waals surface area contributed by atoms with E-state index in [2.05, 4.69) is 24.3 Å². The Hall–Kier alpha value is -2.01. The van der Waals surface area contributed by atoms with Crippen LogP contribution in [0.1, 0.15) is 35.5 Å². The van der Waals surface area contributed by atoms with Crippen LogP contribution in [0, 0.1) is 13.8 Å². The molecule has 0 aliphatic carbocycles. The maximum atomic E-state index is 5.42.